The van der Waals surface area contributed by atoms with Gasteiger partial charge in [0.25, 0.3) is 0 Å². The molecule has 0 bridgehead atoms. The zero-order chi connectivity index (χ0) is 11.2. The topological polar surface area (TPSA) is 12.0 Å². The lowest BCUT2D eigenvalue weighted by atomic mass is 9.81. The molecule has 1 fully saturated rings. The summed E-state index contributed by atoms with van der Waals surface area (Å²) in [6.07, 6.45) is 6.68. The molecular weight excluding hydrogens is 194 g/mol. The van der Waals surface area contributed by atoms with E-state index in [1.807, 2.05) is 0 Å². The third-order valence-corrected chi connectivity index (χ3v) is 3.63. The average Bonchev–Trinajstić information content (AvgIpc) is 2.38. The highest BCUT2D eigenvalue weighted by Crippen LogP contribution is 2.32. The summed E-state index contributed by atoms with van der Waals surface area (Å²) in [5.74, 6) is 0.782. The first-order valence-corrected chi connectivity index (χ1v) is 6.68. The molecule has 0 radical (unpaired) electrons. The van der Waals surface area contributed by atoms with Crippen LogP contribution in [0, 0.1) is 0 Å². The highest BCUT2D eigenvalue weighted by Gasteiger charge is 2.22. The Kier molecular flexibility index (Phi) is 4.41. The van der Waals surface area contributed by atoms with Crippen LogP contribution in [0.25, 0.3) is 0 Å². The lowest BCUT2D eigenvalue weighted by molar-refractivity contribution is 0.340. The molecule has 2 unspecified atom stereocenters. The van der Waals surface area contributed by atoms with Crippen molar-refractivity contribution in [2.75, 3.05) is 6.54 Å². The van der Waals surface area contributed by atoms with Crippen molar-refractivity contribution in [2.45, 2.75) is 51.0 Å². The van der Waals surface area contributed by atoms with Crippen LogP contribution in [0.3, 0.4) is 0 Å². The minimum absolute atomic E-state index is 0.749. The molecule has 2 atom stereocenters. The zero-order valence-corrected chi connectivity index (χ0v) is 10.3. The summed E-state index contributed by atoms with van der Waals surface area (Å²) in [5, 5.41) is 3.67. The standard InChI is InChI=1S/C15H23N/c1-2-11-16-15-10-6-9-14(12-15)13-7-4-3-5-8-13/h3-5,7-8,14-16H,2,6,9-12H2,1H3. The molecule has 1 aliphatic carbocycles. The molecule has 0 aliphatic heterocycles. The molecule has 0 amide bonds. The Bertz CT molecular complexity index is 294. The molecule has 1 aliphatic rings. The van der Waals surface area contributed by atoms with Crippen molar-refractivity contribution < 1.29 is 0 Å². The summed E-state index contributed by atoms with van der Waals surface area (Å²) in [6, 6.07) is 11.8. The molecular formula is C15H23N. The first-order valence-electron chi connectivity index (χ1n) is 6.68. The molecule has 1 aromatic carbocycles. The van der Waals surface area contributed by atoms with Gasteiger partial charge in [-0.05, 0) is 43.7 Å². The monoisotopic (exact) mass is 217 g/mol. The number of hydrogen-bond donors (Lipinski definition) is 1. The van der Waals surface area contributed by atoms with Gasteiger partial charge in [0.05, 0.1) is 0 Å². The highest BCUT2D eigenvalue weighted by molar-refractivity contribution is 5.20. The molecule has 1 aromatic rings. The van der Waals surface area contributed by atoms with Gasteiger partial charge in [-0.2, -0.15) is 0 Å². The summed E-state index contributed by atoms with van der Waals surface area (Å²) in [4.78, 5) is 0. The Morgan fingerprint density at radius 3 is 2.75 bits per heavy atom. The number of nitrogens with one attached hydrogen (secondary N) is 1. The van der Waals surface area contributed by atoms with Crippen LogP contribution >= 0.6 is 0 Å². The summed E-state index contributed by atoms with van der Waals surface area (Å²) in [7, 11) is 0. The summed E-state index contributed by atoms with van der Waals surface area (Å²) >= 11 is 0. The number of benzene rings is 1. The van der Waals surface area contributed by atoms with Crippen molar-refractivity contribution in [1.29, 1.82) is 0 Å². The second-order valence-electron chi connectivity index (χ2n) is 4.93. The SMILES string of the molecule is CCCNC1CCCC(c2ccccc2)C1. The van der Waals surface area contributed by atoms with E-state index in [-0.39, 0.29) is 0 Å². The fourth-order valence-corrected chi connectivity index (χ4v) is 2.75. The van der Waals surface area contributed by atoms with Gasteiger partial charge in [0.1, 0.15) is 0 Å². The predicted octanol–water partition coefficient (Wildman–Crippen LogP) is 3.71. The van der Waals surface area contributed by atoms with Crippen LogP contribution in [-0.4, -0.2) is 12.6 Å². The first-order chi connectivity index (χ1) is 7.90. The van der Waals surface area contributed by atoms with Gasteiger partial charge in [0.2, 0.25) is 0 Å². The minimum Gasteiger partial charge on any atom is -0.314 e. The van der Waals surface area contributed by atoms with Crippen molar-refractivity contribution in [3.63, 3.8) is 0 Å². The fraction of sp³-hybridized carbons (Fsp3) is 0.600. The van der Waals surface area contributed by atoms with Crippen molar-refractivity contribution in [2.24, 2.45) is 0 Å². The van der Waals surface area contributed by atoms with Crippen LogP contribution in [0.1, 0.15) is 50.5 Å². The summed E-state index contributed by atoms with van der Waals surface area (Å²) in [5.41, 5.74) is 1.53. The molecule has 0 heterocycles. The van der Waals surface area contributed by atoms with Crippen molar-refractivity contribution in [3.8, 4) is 0 Å². The Labute approximate surface area is 99.3 Å². The molecule has 0 saturated heterocycles. The second-order valence-corrected chi connectivity index (χ2v) is 4.93. The van der Waals surface area contributed by atoms with E-state index in [2.05, 4.69) is 42.6 Å². The molecule has 1 heteroatoms. The Balaban J connectivity index is 1.91. The number of rotatable bonds is 4. The van der Waals surface area contributed by atoms with Gasteiger partial charge < -0.3 is 5.32 Å². The van der Waals surface area contributed by atoms with Gasteiger partial charge in [-0.1, -0.05) is 43.7 Å². The second kappa shape index (κ2) is 6.05. The maximum absolute atomic E-state index is 3.67. The average molecular weight is 217 g/mol. The van der Waals surface area contributed by atoms with E-state index in [1.165, 1.54) is 44.2 Å². The predicted molar refractivity (Wildman–Crippen MR) is 69.7 cm³/mol. The van der Waals surface area contributed by atoms with E-state index < -0.39 is 0 Å². The van der Waals surface area contributed by atoms with Crippen LogP contribution in [0.15, 0.2) is 30.3 Å². The molecule has 1 N–H and O–H groups in total. The quantitative estimate of drug-likeness (QED) is 0.810. The normalized spacial score (nSPS) is 25.6. The van der Waals surface area contributed by atoms with E-state index in [1.54, 1.807) is 0 Å². The van der Waals surface area contributed by atoms with Crippen LogP contribution < -0.4 is 5.32 Å². The maximum atomic E-state index is 3.67. The van der Waals surface area contributed by atoms with Gasteiger partial charge in [-0.3, -0.25) is 0 Å². The Hall–Kier alpha value is -0.820. The van der Waals surface area contributed by atoms with Crippen molar-refractivity contribution >= 4 is 0 Å². The number of hydrogen-bond acceptors (Lipinski definition) is 1. The third-order valence-electron chi connectivity index (χ3n) is 3.63. The van der Waals surface area contributed by atoms with E-state index in [4.69, 9.17) is 0 Å². The van der Waals surface area contributed by atoms with Crippen molar-refractivity contribution in [1.82, 2.24) is 5.32 Å². The Morgan fingerprint density at radius 2 is 2.00 bits per heavy atom. The zero-order valence-electron chi connectivity index (χ0n) is 10.3. The first kappa shape index (κ1) is 11.7. The summed E-state index contributed by atoms with van der Waals surface area (Å²) < 4.78 is 0. The van der Waals surface area contributed by atoms with Gasteiger partial charge in [-0.15, -0.1) is 0 Å². The molecule has 0 aromatic heterocycles. The van der Waals surface area contributed by atoms with E-state index in [0.717, 1.165) is 12.0 Å². The van der Waals surface area contributed by atoms with E-state index in [9.17, 15) is 0 Å². The van der Waals surface area contributed by atoms with Crippen LogP contribution in [-0.2, 0) is 0 Å². The summed E-state index contributed by atoms with van der Waals surface area (Å²) in [6.45, 7) is 3.41. The molecule has 1 saturated carbocycles. The van der Waals surface area contributed by atoms with Crippen LogP contribution in [0.5, 0.6) is 0 Å². The van der Waals surface area contributed by atoms with Crippen LogP contribution in [0.2, 0.25) is 0 Å². The molecule has 16 heavy (non-hydrogen) atoms. The minimum atomic E-state index is 0.749. The molecule has 2 rings (SSSR count). The molecule has 0 spiro atoms. The molecule has 88 valence electrons. The maximum Gasteiger partial charge on any atom is 0.00728 e. The Morgan fingerprint density at radius 1 is 1.19 bits per heavy atom. The van der Waals surface area contributed by atoms with Crippen molar-refractivity contribution in [3.05, 3.63) is 35.9 Å². The van der Waals surface area contributed by atoms with E-state index >= 15 is 0 Å². The van der Waals surface area contributed by atoms with Gasteiger partial charge in [-0.25, -0.2) is 0 Å². The van der Waals surface area contributed by atoms with Gasteiger partial charge in [0.15, 0.2) is 0 Å². The van der Waals surface area contributed by atoms with Crippen LogP contribution in [0.4, 0.5) is 0 Å². The molecule has 1 nitrogen and oxygen atoms in total. The van der Waals surface area contributed by atoms with Gasteiger partial charge in [0, 0.05) is 6.04 Å². The third kappa shape index (κ3) is 3.08. The van der Waals surface area contributed by atoms with Gasteiger partial charge >= 0.3 is 0 Å². The lowest BCUT2D eigenvalue weighted by Crippen LogP contribution is -2.33. The fourth-order valence-electron chi connectivity index (χ4n) is 2.75. The lowest BCUT2D eigenvalue weighted by Gasteiger charge is -2.30. The largest absolute Gasteiger partial charge is 0.314 e. The highest BCUT2D eigenvalue weighted by atomic mass is 14.9. The smallest absolute Gasteiger partial charge is 0.00728 e. The van der Waals surface area contributed by atoms with E-state index in [0.29, 0.717) is 0 Å².